The summed E-state index contributed by atoms with van der Waals surface area (Å²) >= 11 is 0. The molecule has 36 heavy (non-hydrogen) atoms. The van der Waals surface area contributed by atoms with Crippen molar-refractivity contribution in [3.8, 4) is 0 Å². The third-order valence-corrected chi connectivity index (χ3v) is 8.32. The zero-order valence-electron chi connectivity index (χ0n) is 21.2. The molecule has 2 aliphatic heterocycles. The van der Waals surface area contributed by atoms with Crippen molar-refractivity contribution in [2.45, 2.75) is 43.8 Å². The van der Waals surface area contributed by atoms with Gasteiger partial charge in [0.15, 0.2) is 0 Å². The highest BCUT2D eigenvalue weighted by Crippen LogP contribution is 2.43. The first-order valence-corrected chi connectivity index (χ1v) is 13.5. The molecule has 0 amide bonds. The minimum absolute atomic E-state index is 0.108. The van der Waals surface area contributed by atoms with E-state index in [9.17, 15) is 10.2 Å². The Morgan fingerprint density at radius 1 is 0.861 bits per heavy atom. The number of aliphatic hydroxyl groups is 2. The van der Waals surface area contributed by atoms with Gasteiger partial charge in [0.25, 0.3) is 0 Å². The molecule has 194 valence electrons. The van der Waals surface area contributed by atoms with Crippen molar-refractivity contribution < 1.29 is 19.7 Å². The number of nitrogens with zero attached hydrogens (tertiary/aromatic N) is 2. The van der Waals surface area contributed by atoms with Gasteiger partial charge in [0.1, 0.15) is 17.6 Å². The average molecular weight is 493 g/mol. The van der Waals surface area contributed by atoms with Crippen LogP contribution < -0.4 is 0 Å². The first-order valence-electron chi connectivity index (χ1n) is 13.5. The molecule has 0 aromatic heterocycles. The fourth-order valence-electron chi connectivity index (χ4n) is 6.24. The zero-order chi connectivity index (χ0) is 24.8. The molecule has 0 bridgehead atoms. The zero-order valence-corrected chi connectivity index (χ0v) is 21.2. The van der Waals surface area contributed by atoms with E-state index in [0.717, 1.165) is 76.2 Å². The van der Waals surface area contributed by atoms with Crippen molar-refractivity contribution in [1.29, 1.82) is 0 Å². The fourth-order valence-corrected chi connectivity index (χ4v) is 6.24. The van der Waals surface area contributed by atoms with E-state index in [1.165, 1.54) is 5.56 Å². The predicted molar refractivity (Wildman–Crippen MR) is 140 cm³/mol. The van der Waals surface area contributed by atoms with Gasteiger partial charge < -0.3 is 24.6 Å². The molecule has 2 fully saturated rings. The number of rotatable bonds is 10. The lowest BCUT2D eigenvalue weighted by Gasteiger charge is -2.43. The van der Waals surface area contributed by atoms with E-state index in [1.807, 2.05) is 36.4 Å². The van der Waals surface area contributed by atoms with E-state index in [2.05, 4.69) is 34.1 Å². The fraction of sp³-hybridized carbons (Fsp3) is 0.533. The SMILES string of the molecule is OC(CN1CCN(CC(Cc2ccccc2)C2=COCO2)CC1)C(O)(c1ccccc1)C1CCCC1. The number of benzene rings is 2. The molecule has 3 atom stereocenters. The Hall–Kier alpha value is -2.38. The average Bonchev–Trinajstić information content (AvgIpc) is 3.65. The van der Waals surface area contributed by atoms with Crippen molar-refractivity contribution in [2.24, 2.45) is 11.8 Å². The van der Waals surface area contributed by atoms with Crippen molar-refractivity contribution in [2.75, 3.05) is 46.1 Å². The maximum absolute atomic E-state index is 11.9. The van der Waals surface area contributed by atoms with Crippen molar-refractivity contribution >= 4 is 0 Å². The van der Waals surface area contributed by atoms with E-state index in [4.69, 9.17) is 9.47 Å². The standard InChI is InChI=1S/C30H40N2O4/c33-29(30(34,27-13-7-8-14-27)26-11-5-2-6-12-26)21-32-17-15-31(16-18-32)20-25(28-22-35-23-36-28)19-24-9-3-1-4-10-24/h1-6,9-12,22,25,27,29,33-34H,7-8,13-21,23H2. The highest BCUT2D eigenvalue weighted by atomic mass is 16.7. The molecule has 1 saturated carbocycles. The molecule has 0 spiro atoms. The quantitative estimate of drug-likeness (QED) is 0.527. The summed E-state index contributed by atoms with van der Waals surface area (Å²) in [5, 5.41) is 23.3. The van der Waals surface area contributed by atoms with E-state index < -0.39 is 11.7 Å². The second kappa shape index (κ2) is 11.8. The molecule has 1 saturated heterocycles. The van der Waals surface area contributed by atoms with Gasteiger partial charge in [0.2, 0.25) is 6.79 Å². The molecule has 3 aliphatic rings. The summed E-state index contributed by atoms with van der Waals surface area (Å²) in [6.45, 7) is 5.32. The van der Waals surface area contributed by atoms with Crippen LogP contribution in [0.1, 0.15) is 36.8 Å². The number of β-amino-alcohol motifs (C(OH)–C–C–N with tert-alkyl or cyclic N) is 1. The van der Waals surface area contributed by atoms with Gasteiger partial charge in [-0.15, -0.1) is 0 Å². The molecule has 2 aromatic carbocycles. The molecule has 2 N–H and O–H groups in total. The summed E-state index contributed by atoms with van der Waals surface area (Å²) in [5.74, 6) is 1.29. The van der Waals surface area contributed by atoms with Gasteiger partial charge in [-0.1, -0.05) is 73.5 Å². The van der Waals surface area contributed by atoms with Gasteiger partial charge in [-0.05, 0) is 36.3 Å². The summed E-state index contributed by atoms with van der Waals surface area (Å²) in [5.41, 5.74) is 0.953. The Labute approximate surface area is 215 Å². The first-order chi connectivity index (χ1) is 17.6. The summed E-state index contributed by atoms with van der Waals surface area (Å²) in [6.07, 6.45) is 6.07. The van der Waals surface area contributed by atoms with E-state index in [-0.39, 0.29) is 11.8 Å². The molecule has 3 unspecified atom stereocenters. The number of hydrogen-bond donors (Lipinski definition) is 2. The lowest BCUT2D eigenvalue weighted by Crippen LogP contribution is -2.55. The lowest BCUT2D eigenvalue weighted by molar-refractivity contribution is -0.130. The molecular weight excluding hydrogens is 452 g/mol. The van der Waals surface area contributed by atoms with Gasteiger partial charge in [-0.25, -0.2) is 0 Å². The smallest absolute Gasteiger partial charge is 0.229 e. The topological polar surface area (TPSA) is 65.4 Å². The van der Waals surface area contributed by atoms with Gasteiger partial charge in [0.05, 0.1) is 6.10 Å². The Bertz CT molecular complexity index is 971. The van der Waals surface area contributed by atoms with E-state index in [1.54, 1.807) is 6.26 Å². The van der Waals surface area contributed by atoms with Crippen LogP contribution in [-0.2, 0) is 21.5 Å². The van der Waals surface area contributed by atoms with Gasteiger partial charge in [0, 0.05) is 45.2 Å². The summed E-state index contributed by atoms with van der Waals surface area (Å²) in [6, 6.07) is 20.4. The van der Waals surface area contributed by atoms with E-state index in [0.29, 0.717) is 13.3 Å². The largest absolute Gasteiger partial charge is 0.462 e. The number of aliphatic hydroxyl groups excluding tert-OH is 1. The normalized spacial score (nSPS) is 22.9. The Morgan fingerprint density at radius 2 is 1.47 bits per heavy atom. The lowest BCUT2D eigenvalue weighted by atomic mass is 9.76. The highest BCUT2D eigenvalue weighted by molar-refractivity contribution is 5.26. The van der Waals surface area contributed by atoms with E-state index >= 15 is 0 Å². The second-order valence-corrected chi connectivity index (χ2v) is 10.6. The Morgan fingerprint density at radius 3 is 2.08 bits per heavy atom. The molecule has 6 nitrogen and oxygen atoms in total. The van der Waals surface area contributed by atoms with Crippen molar-refractivity contribution in [3.05, 3.63) is 83.8 Å². The van der Waals surface area contributed by atoms with Gasteiger partial charge in [-0.2, -0.15) is 0 Å². The number of piperazine rings is 1. The molecule has 5 rings (SSSR count). The molecule has 0 radical (unpaired) electrons. The molecular formula is C30H40N2O4. The van der Waals surface area contributed by atoms with Crippen LogP contribution >= 0.6 is 0 Å². The minimum Gasteiger partial charge on any atom is -0.462 e. The van der Waals surface area contributed by atoms with Crippen LogP contribution in [0.15, 0.2) is 72.7 Å². The minimum atomic E-state index is -1.19. The van der Waals surface area contributed by atoms with Crippen LogP contribution in [0.5, 0.6) is 0 Å². The molecule has 1 aliphatic carbocycles. The van der Waals surface area contributed by atoms with Crippen molar-refractivity contribution in [3.63, 3.8) is 0 Å². The van der Waals surface area contributed by atoms with Crippen LogP contribution in [0.3, 0.4) is 0 Å². The molecule has 6 heteroatoms. The monoisotopic (exact) mass is 492 g/mol. The second-order valence-electron chi connectivity index (χ2n) is 10.6. The van der Waals surface area contributed by atoms with Crippen LogP contribution in [-0.4, -0.2) is 72.2 Å². The number of ether oxygens (including phenoxy) is 2. The van der Waals surface area contributed by atoms with Crippen LogP contribution in [0.2, 0.25) is 0 Å². The maximum Gasteiger partial charge on any atom is 0.229 e. The third kappa shape index (κ3) is 5.78. The molecule has 2 heterocycles. The number of hydrogen-bond acceptors (Lipinski definition) is 6. The van der Waals surface area contributed by atoms with Crippen LogP contribution in [0.4, 0.5) is 0 Å². The summed E-state index contributed by atoms with van der Waals surface area (Å²) in [4.78, 5) is 4.80. The van der Waals surface area contributed by atoms with Gasteiger partial charge in [-0.3, -0.25) is 4.90 Å². The Balaban J connectivity index is 1.19. The third-order valence-electron chi connectivity index (χ3n) is 8.32. The van der Waals surface area contributed by atoms with Crippen LogP contribution in [0.25, 0.3) is 0 Å². The van der Waals surface area contributed by atoms with Gasteiger partial charge >= 0.3 is 0 Å². The molecule has 2 aromatic rings. The first kappa shape index (κ1) is 25.3. The van der Waals surface area contributed by atoms with Crippen LogP contribution in [0, 0.1) is 11.8 Å². The summed E-state index contributed by atoms with van der Waals surface area (Å²) < 4.78 is 11.1. The maximum atomic E-state index is 11.9. The Kier molecular flexibility index (Phi) is 8.27. The summed E-state index contributed by atoms with van der Waals surface area (Å²) in [7, 11) is 0. The highest BCUT2D eigenvalue weighted by Gasteiger charge is 2.46. The predicted octanol–water partition coefficient (Wildman–Crippen LogP) is 3.75. The van der Waals surface area contributed by atoms with Crippen molar-refractivity contribution in [1.82, 2.24) is 9.80 Å².